The molecule has 1 aromatic carbocycles. The minimum absolute atomic E-state index is 0.337. The average Bonchev–Trinajstić information content (AvgIpc) is 2.39. The number of hydrogen-bond acceptors (Lipinski definition) is 3. The molecule has 0 saturated carbocycles. The van der Waals surface area contributed by atoms with Crippen molar-refractivity contribution in [2.24, 2.45) is 5.73 Å². The number of nitrogens with two attached hydrogens (primary N) is 1. The molecule has 4 heteroatoms. The molecule has 2 aromatic rings. The van der Waals surface area contributed by atoms with Crippen LogP contribution >= 0.6 is 12.2 Å². The van der Waals surface area contributed by atoms with Gasteiger partial charge in [-0.15, -0.1) is 0 Å². The van der Waals surface area contributed by atoms with E-state index in [1.807, 2.05) is 18.2 Å². The van der Waals surface area contributed by atoms with Gasteiger partial charge in [-0.2, -0.15) is 0 Å². The van der Waals surface area contributed by atoms with Crippen molar-refractivity contribution in [2.75, 3.05) is 0 Å². The first-order valence-corrected chi connectivity index (χ1v) is 6.51. The van der Waals surface area contributed by atoms with Gasteiger partial charge in [0.1, 0.15) is 10.7 Å². The van der Waals surface area contributed by atoms with Crippen LogP contribution in [0.1, 0.15) is 30.9 Å². The predicted molar refractivity (Wildman–Crippen MR) is 80.7 cm³/mol. The Bertz CT molecular complexity index is 596. The van der Waals surface area contributed by atoms with Gasteiger partial charge in [0.05, 0.1) is 0 Å². The SMILES string of the molecule is CC(C)c1ccccc1Oc1cc(C(N)=S)ccn1. The number of ether oxygens (including phenoxy) is 1. The summed E-state index contributed by atoms with van der Waals surface area (Å²) >= 11 is 4.95. The molecule has 0 bridgehead atoms. The van der Waals surface area contributed by atoms with Crippen LogP contribution in [-0.2, 0) is 0 Å². The maximum Gasteiger partial charge on any atom is 0.219 e. The van der Waals surface area contributed by atoms with Gasteiger partial charge in [0.15, 0.2) is 0 Å². The number of para-hydroxylation sites is 1. The maximum atomic E-state index is 5.84. The summed E-state index contributed by atoms with van der Waals surface area (Å²) in [6.07, 6.45) is 1.64. The second kappa shape index (κ2) is 5.80. The van der Waals surface area contributed by atoms with Crippen molar-refractivity contribution < 1.29 is 4.74 Å². The van der Waals surface area contributed by atoms with Crippen LogP contribution in [0.4, 0.5) is 0 Å². The van der Waals surface area contributed by atoms with E-state index in [0.29, 0.717) is 16.8 Å². The van der Waals surface area contributed by atoms with Gasteiger partial charge in [0, 0.05) is 17.8 Å². The molecule has 98 valence electrons. The van der Waals surface area contributed by atoms with Crippen LogP contribution in [0.25, 0.3) is 0 Å². The van der Waals surface area contributed by atoms with Crippen molar-refractivity contribution in [3.8, 4) is 11.6 Å². The summed E-state index contributed by atoms with van der Waals surface area (Å²) in [4.78, 5) is 4.52. The Morgan fingerprint density at radius 1 is 1.26 bits per heavy atom. The third-order valence-electron chi connectivity index (χ3n) is 2.77. The number of pyridine rings is 1. The first-order chi connectivity index (χ1) is 9.08. The molecule has 0 aliphatic heterocycles. The fraction of sp³-hybridized carbons (Fsp3) is 0.200. The van der Waals surface area contributed by atoms with Gasteiger partial charge in [-0.1, -0.05) is 44.3 Å². The largest absolute Gasteiger partial charge is 0.439 e. The summed E-state index contributed by atoms with van der Waals surface area (Å²) in [5.41, 5.74) is 7.50. The molecule has 0 fully saturated rings. The second-order valence-corrected chi connectivity index (χ2v) is 4.98. The Kier molecular flexibility index (Phi) is 4.12. The molecule has 3 nitrogen and oxygen atoms in total. The Morgan fingerprint density at radius 3 is 2.68 bits per heavy atom. The summed E-state index contributed by atoms with van der Waals surface area (Å²) in [5, 5.41) is 0. The zero-order valence-corrected chi connectivity index (χ0v) is 11.8. The molecule has 0 amide bonds. The number of benzene rings is 1. The van der Waals surface area contributed by atoms with Gasteiger partial charge in [-0.25, -0.2) is 4.98 Å². The van der Waals surface area contributed by atoms with Gasteiger partial charge in [0.2, 0.25) is 5.88 Å². The van der Waals surface area contributed by atoms with Gasteiger partial charge in [-0.05, 0) is 23.6 Å². The Hall–Kier alpha value is -1.94. The zero-order valence-electron chi connectivity index (χ0n) is 11.0. The van der Waals surface area contributed by atoms with E-state index < -0.39 is 0 Å². The van der Waals surface area contributed by atoms with Crippen LogP contribution in [-0.4, -0.2) is 9.97 Å². The molecule has 0 saturated heterocycles. The topological polar surface area (TPSA) is 48.1 Å². The molecule has 0 aliphatic rings. The quantitative estimate of drug-likeness (QED) is 0.863. The van der Waals surface area contributed by atoms with E-state index in [-0.39, 0.29) is 0 Å². The number of thiocarbonyl (C=S) groups is 1. The molecule has 1 aromatic heterocycles. The monoisotopic (exact) mass is 272 g/mol. The molecule has 2 N–H and O–H groups in total. The lowest BCUT2D eigenvalue weighted by Crippen LogP contribution is -2.09. The lowest BCUT2D eigenvalue weighted by molar-refractivity contribution is 0.454. The summed E-state index contributed by atoms with van der Waals surface area (Å²) in [7, 11) is 0. The van der Waals surface area contributed by atoms with Crippen LogP contribution in [0.2, 0.25) is 0 Å². The minimum atomic E-state index is 0.337. The van der Waals surface area contributed by atoms with Gasteiger partial charge >= 0.3 is 0 Å². The fourth-order valence-electron chi connectivity index (χ4n) is 1.78. The molecule has 2 rings (SSSR count). The van der Waals surface area contributed by atoms with Crippen molar-refractivity contribution >= 4 is 17.2 Å². The van der Waals surface area contributed by atoms with E-state index in [9.17, 15) is 0 Å². The smallest absolute Gasteiger partial charge is 0.219 e. The van der Waals surface area contributed by atoms with Crippen molar-refractivity contribution in [3.63, 3.8) is 0 Å². The van der Waals surface area contributed by atoms with Gasteiger partial charge in [0.25, 0.3) is 0 Å². The van der Waals surface area contributed by atoms with Crippen molar-refractivity contribution in [1.29, 1.82) is 0 Å². The first-order valence-electron chi connectivity index (χ1n) is 6.10. The van der Waals surface area contributed by atoms with Crippen LogP contribution in [0.3, 0.4) is 0 Å². The molecule has 0 atom stereocenters. The van der Waals surface area contributed by atoms with Gasteiger partial charge < -0.3 is 10.5 Å². The molecule has 0 radical (unpaired) electrons. The predicted octanol–water partition coefficient (Wildman–Crippen LogP) is 3.63. The Morgan fingerprint density at radius 2 is 2.00 bits per heavy atom. The normalized spacial score (nSPS) is 10.5. The molecule has 19 heavy (non-hydrogen) atoms. The summed E-state index contributed by atoms with van der Waals surface area (Å²) < 4.78 is 5.84. The highest BCUT2D eigenvalue weighted by atomic mass is 32.1. The first kappa shape index (κ1) is 13.5. The van der Waals surface area contributed by atoms with Crippen molar-refractivity contribution in [3.05, 3.63) is 53.7 Å². The molecule has 1 heterocycles. The third-order valence-corrected chi connectivity index (χ3v) is 3.01. The Balaban J connectivity index is 2.31. The third kappa shape index (κ3) is 3.29. The molecule has 0 aliphatic carbocycles. The number of rotatable bonds is 4. The van der Waals surface area contributed by atoms with Gasteiger partial charge in [-0.3, -0.25) is 0 Å². The highest BCUT2D eigenvalue weighted by Gasteiger charge is 2.09. The van der Waals surface area contributed by atoms with E-state index >= 15 is 0 Å². The zero-order chi connectivity index (χ0) is 13.8. The van der Waals surface area contributed by atoms with E-state index in [1.54, 1.807) is 18.3 Å². The Labute approximate surface area is 118 Å². The van der Waals surface area contributed by atoms with E-state index in [2.05, 4.69) is 24.9 Å². The standard InChI is InChI=1S/C15H16N2OS/c1-10(2)12-5-3-4-6-13(12)18-14-9-11(15(16)19)7-8-17-14/h3-10H,1-2H3,(H2,16,19). The molecular weight excluding hydrogens is 256 g/mol. The highest BCUT2D eigenvalue weighted by Crippen LogP contribution is 2.29. The molecule has 0 spiro atoms. The molecular formula is C15H16N2OS. The maximum absolute atomic E-state index is 5.84. The lowest BCUT2D eigenvalue weighted by atomic mass is 10.0. The molecule has 0 unspecified atom stereocenters. The second-order valence-electron chi connectivity index (χ2n) is 4.54. The highest BCUT2D eigenvalue weighted by molar-refractivity contribution is 7.80. The van der Waals surface area contributed by atoms with Crippen molar-refractivity contribution in [2.45, 2.75) is 19.8 Å². The minimum Gasteiger partial charge on any atom is -0.439 e. The van der Waals surface area contributed by atoms with E-state index in [4.69, 9.17) is 22.7 Å². The van der Waals surface area contributed by atoms with Crippen LogP contribution in [0.5, 0.6) is 11.6 Å². The number of nitrogens with zero attached hydrogens (tertiary/aromatic N) is 1. The summed E-state index contributed by atoms with van der Waals surface area (Å²) in [6.45, 7) is 4.25. The average molecular weight is 272 g/mol. The van der Waals surface area contributed by atoms with Crippen LogP contribution in [0, 0.1) is 0 Å². The van der Waals surface area contributed by atoms with E-state index in [1.165, 1.54) is 0 Å². The summed E-state index contributed by atoms with van der Waals surface area (Å²) in [6, 6.07) is 11.4. The fourth-order valence-corrected chi connectivity index (χ4v) is 1.91. The number of hydrogen-bond donors (Lipinski definition) is 1. The lowest BCUT2D eigenvalue weighted by Gasteiger charge is -2.13. The van der Waals surface area contributed by atoms with Crippen LogP contribution < -0.4 is 10.5 Å². The van der Waals surface area contributed by atoms with E-state index in [0.717, 1.165) is 16.9 Å². The van der Waals surface area contributed by atoms with Crippen molar-refractivity contribution in [1.82, 2.24) is 4.98 Å². The number of aromatic nitrogens is 1. The summed E-state index contributed by atoms with van der Waals surface area (Å²) in [5.74, 6) is 1.69. The van der Waals surface area contributed by atoms with Crippen LogP contribution in [0.15, 0.2) is 42.6 Å².